The van der Waals surface area contributed by atoms with Crippen LogP contribution in [0.5, 0.6) is 0 Å². The highest BCUT2D eigenvalue weighted by Gasteiger charge is 2.23. The second-order valence-electron chi connectivity index (χ2n) is 7.38. The summed E-state index contributed by atoms with van der Waals surface area (Å²) in [5, 5.41) is 6.30. The van der Waals surface area contributed by atoms with Crippen LogP contribution in [0.2, 0.25) is 0 Å². The van der Waals surface area contributed by atoms with Crippen LogP contribution in [-0.2, 0) is 0 Å². The fraction of sp³-hybridized carbons (Fsp3) is 0.300. The number of likely N-dealkylation sites (N-methyl/N-ethyl adjacent to an activating group) is 1. The van der Waals surface area contributed by atoms with E-state index in [0.717, 1.165) is 25.3 Å². The molecular formula is C20H20FN7OS. The van der Waals surface area contributed by atoms with Gasteiger partial charge in [0.25, 0.3) is 5.91 Å². The van der Waals surface area contributed by atoms with Crippen LogP contribution in [0.3, 0.4) is 0 Å². The molecule has 0 unspecified atom stereocenters. The van der Waals surface area contributed by atoms with Crippen molar-refractivity contribution in [1.82, 2.24) is 24.7 Å². The number of aryl methyl sites for hydroxylation is 1. The fourth-order valence-corrected chi connectivity index (χ4v) is 4.55. The molecule has 2 N–H and O–H groups in total. The van der Waals surface area contributed by atoms with E-state index >= 15 is 0 Å². The van der Waals surface area contributed by atoms with Crippen LogP contribution in [-0.4, -0.2) is 51.4 Å². The number of thiazole rings is 1. The molecule has 10 heteroatoms. The summed E-state index contributed by atoms with van der Waals surface area (Å²) in [4.78, 5) is 28.8. The summed E-state index contributed by atoms with van der Waals surface area (Å²) in [6.07, 6.45) is 4.41. The van der Waals surface area contributed by atoms with Crippen molar-refractivity contribution in [3.8, 4) is 0 Å². The summed E-state index contributed by atoms with van der Waals surface area (Å²) < 4.78 is 15.8. The highest BCUT2D eigenvalue weighted by molar-refractivity contribution is 7.20. The van der Waals surface area contributed by atoms with Crippen LogP contribution < -0.4 is 15.5 Å². The molecule has 1 fully saturated rings. The number of fused-ring (bicyclic) bond motifs is 2. The molecule has 0 spiro atoms. The largest absolute Gasteiger partial charge is 0.355 e. The van der Waals surface area contributed by atoms with E-state index in [1.54, 1.807) is 23.7 Å². The van der Waals surface area contributed by atoms with Crippen LogP contribution in [0.25, 0.3) is 16.0 Å². The molecular weight excluding hydrogens is 405 g/mol. The Morgan fingerprint density at radius 2 is 2.13 bits per heavy atom. The first-order valence-electron chi connectivity index (χ1n) is 9.66. The van der Waals surface area contributed by atoms with Gasteiger partial charge in [0.2, 0.25) is 0 Å². The third-order valence-corrected chi connectivity index (χ3v) is 6.20. The lowest BCUT2D eigenvalue weighted by Crippen LogP contribution is -2.29. The Labute approximate surface area is 175 Å². The maximum atomic E-state index is 14.3. The SMILES string of the molecule is CN[C@H]1CCN(c2ccc3nc(C(=O)Nc4cc(F)c5nc(C)cn5c4)sc3n2)C1. The second-order valence-corrected chi connectivity index (χ2v) is 8.35. The first-order chi connectivity index (χ1) is 14.5. The molecule has 4 aromatic heterocycles. The van der Waals surface area contributed by atoms with Crippen molar-refractivity contribution < 1.29 is 9.18 Å². The van der Waals surface area contributed by atoms with E-state index < -0.39 is 11.7 Å². The number of carbonyl (C=O) groups excluding carboxylic acids is 1. The van der Waals surface area contributed by atoms with Gasteiger partial charge < -0.3 is 19.9 Å². The van der Waals surface area contributed by atoms with Crippen molar-refractivity contribution in [2.24, 2.45) is 0 Å². The number of carbonyl (C=O) groups is 1. The summed E-state index contributed by atoms with van der Waals surface area (Å²) in [5.74, 6) is -0.00703. The van der Waals surface area contributed by atoms with E-state index in [0.29, 0.717) is 27.8 Å². The van der Waals surface area contributed by atoms with Gasteiger partial charge >= 0.3 is 0 Å². The lowest BCUT2D eigenvalue weighted by atomic mass is 10.3. The second kappa shape index (κ2) is 7.29. The number of halogens is 1. The number of pyridine rings is 2. The number of rotatable bonds is 4. The predicted molar refractivity (Wildman–Crippen MR) is 115 cm³/mol. The van der Waals surface area contributed by atoms with Gasteiger partial charge in [-0.05, 0) is 32.5 Å². The van der Waals surface area contributed by atoms with Crippen molar-refractivity contribution in [1.29, 1.82) is 0 Å². The molecule has 8 nitrogen and oxygen atoms in total. The molecule has 5 rings (SSSR count). The number of nitrogens with zero attached hydrogens (tertiary/aromatic N) is 5. The zero-order chi connectivity index (χ0) is 20.8. The van der Waals surface area contributed by atoms with Gasteiger partial charge in [-0.2, -0.15) is 0 Å². The van der Waals surface area contributed by atoms with Crippen molar-refractivity contribution >= 4 is 44.7 Å². The summed E-state index contributed by atoms with van der Waals surface area (Å²) in [6.45, 7) is 3.63. The van der Waals surface area contributed by atoms with Gasteiger partial charge in [-0.25, -0.2) is 19.3 Å². The quantitative estimate of drug-likeness (QED) is 0.523. The van der Waals surface area contributed by atoms with Gasteiger partial charge in [0.15, 0.2) is 16.5 Å². The van der Waals surface area contributed by atoms with Crippen molar-refractivity contribution in [2.45, 2.75) is 19.4 Å². The zero-order valence-corrected chi connectivity index (χ0v) is 17.3. The molecule has 1 amide bonds. The van der Waals surface area contributed by atoms with Crippen molar-refractivity contribution in [2.75, 3.05) is 30.4 Å². The van der Waals surface area contributed by atoms with Gasteiger partial charge in [0.1, 0.15) is 16.2 Å². The van der Waals surface area contributed by atoms with Gasteiger partial charge in [-0.1, -0.05) is 11.3 Å². The molecule has 1 aliphatic rings. The number of anilines is 2. The average molecular weight is 425 g/mol. The number of amides is 1. The summed E-state index contributed by atoms with van der Waals surface area (Å²) >= 11 is 1.23. The normalized spacial score (nSPS) is 16.6. The molecule has 30 heavy (non-hydrogen) atoms. The Hall–Kier alpha value is -3.11. The predicted octanol–water partition coefficient (Wildman–Crippen LogP) is 2.84. The fourth-order valence-electron chi connectivity index (χ4n) is 3.72. The molecule has 4 aromatic rings. The average Bonchev–Trinajstić information content (AvgIpc) is 3.44. The van der Waals surface area contributed by atoms with Crippen molar-refractivity contribution in [3.05, 3.63) is 47.1 Å². The van der Waals surface area contributed by atoms with E-state index in [2.05, 4.69) is 25.5 Å². The number of imidazole rings is 1. The summed E-state index contributed by atoms with van der Waals surface area (Å²) in [6, 6.07) is 5.54. The standard InChI is InChI=1S/C20H20FN7OS/c1-11-8-28-10-13(7-14(21)17(28)23-11)24-18(29)20-25-15-3-4-16(26-19(15)30-20)27-6-5-12(9-27)22-2/h3-4,7-8,10,12,22H,5-6,9H2,1-2H3,(H,24,29)/t12-/m0/s1. The first kappa shape index (κ1) is 18.9. The van der Waals surface area contributed by atoms with Crippen LogP contribution >= 0.6 is 11.3 Å². The van der Waals surface area contributed by atoms with Crippen LogP contribution in [0, 0.1) is 12.7 Å². The van der Waals surface area contributed by atoms with Crippen LogP contribution in [0.1, 0.15) is 21.9 Å². The summed E-state index contributed by atoms with van der Waals surface area (Å²) in [5.41, 5.74) is 1.93. The van der Waals surface area contributed by atoms with Crippen molar-refractivity contribution in [3.63, 3.8) is 0 Å². The lowest BCUT2D eigenvalue weighted by Gasteiger charge is -2.16. The third-order valence-electron chi connectivity index (χ3n) is 5.24. The smallest absolute Gasteiger partial charge is 0.284 e. The Balaban J connectivity index is 1.38. The third kappa shape index (κ3) is 3.37. The molecule has 0 bridgehead atoms. The molecule has 154 valence electrons. The van der Waals surface area contributed by atoms with E-state index in [4.69, 9.17) is 4.98 Å². The lowest BCUT2D eigenvalue weighted by molar-refractivity contribution is 0.102. The maximum absolute atomic E-state index is 14.3. The van der Waals surface area contributed by atoms with Gasteiger partial charge in [0, 0.05) is 37.6 Å². The molecule has 1 aliphatic heterocycles. The maximum Gasteiger partial charge on any atom is 0.284 e. The minimum Gasteiger partial charge on any atom is -0.355 e. The molecule has 1 saturated heterocycles. The Morgan fingerprint density at radius 1 is 1.27 bits per heavy atom. The van der Waals surface area contributed by atoms with E-state index in [9.17, 15) is 9.18 Å². The van der Waals surface area contributed by atoms with Gasteiger partial charge in [-0.15, -0.1) is 0 Å². The van der Waals surface area contributed by atoms with Crippen LogP contribution in [0.4, 0.5) is 15.9 Å². The monoisotopic (exact) mass is 425 g/mol. The Morgan fingerprint density at radius 3 is 2.93 bits per heavy atom. The Bertz CT molecular complexity index is 1270. The first-order valence-corrected chi connectivity index (χ1v) is 10.5. The Kier molecular flexibility index (Phi) is 4.59. The molecule has 0 radical (unpaired) electrons. The highest BCUT2D eigenvalue weighted by atomic mass is 32.1. The molecule has 1 atom stereocenters. The molecule has 5 heterocycles. The number of hydrogen-bond acceptors (Lipinski definition) is 7. The molecule has 0 aromatic carbocycles. The number of aromatic nitrogens is 4. The van der Waals surface area contributed by atoms with E-state index in [-0.39, 0.29) is 10.7 Å². The topological polar surface area (TPSA) is 87.5 Å². The minimum absolute atomic E-state index is 0.227. The molecule has 0 saturated carbocycles. The highest BCUT2D eigenvalue weighted by Crippen LogP contribution is 2.26. The van der Waals surface area contributed by atoms with Gasteiger partial charge in [0.05, 0.1) is 11.4 Å². The van der Waals surface area contributed by atoms with Crippen LogP contribution in [0.15, 0.2) is 30.6 Å². The van der Waals surface area contributed by atoms with Gasteiger partial charge in [-0.3, -0.25) is 4.79 Å². The summed E-state index contributed by atoms with van der Waals surface area (Å²) in [7, 11) is 1.97. The minimum atomic E-state index is -0.498. The molecule has 0 aliphatic carbocycles. The number of hydrogen-bond donors (Lipinski definition) is 2. The van der Waals surface area contributed by atoms with E-state index in [1.807, 2.05) is 19.2 Å². The number of nitrogens with one attached hydrogen (secondary N) is 2. The van der Waals surface area contributed by atoms with E-state index in [1.165, 1.54) is 17.4 Å². The zero-order valence-electron chi connectivity index (χ0n) is 16.5.